The van der Waals surface area contributed by atoms with Crippen molar-refractivity contribution < 1.29 is 0 Å². The van der Waals surface area contributed by atoms with Gasteiger partial charge in [0.25, 0.3) is 0 Å². The molecule has 1 unspecified atom stereocenters. The molecule has 0 aromatic carbocycles. The van der Waals surface area contributed by atoms with Crippen LogP contribution in [0.2, 0.25) is 0 Å². The Morgan fingerprint density at radius 3 is 3.00 bits per heavy atom. The number of nitrogens with zero attached hydrogens (tertiary/aromatic N) is 2. The van der Waals surface area contributed by atoms with Crippen LogP contribution in [0.3, 0.4) is 0 Å². The van der Waals surface area contributed by atoms with Gasteiger partial charge in [-0.15, -0.1) is 0 Å². The summed E-state index contributed by atoms with van der Waals surface area (Å²) >= 11 is 2.06. The molecule has 1 N–H and O–H groups in total. The zero-order valence-electron chi connectivity index (χ0n) is 10.1. The monoisotopic (exact) mass is 239 g/mol. The van der Waals surface area contributed by atoms with Crippen LogP contribution in [0.5, 0.6) is 0 Å². The van der Waals surface area contributed by atoms with Gasteiger partial charge in [0.05, 0.1) is 12.2 Å². The Bertz CT molecular complexity index is 318. The quantitative estimate of drug-likeness (QED) is 0.874. The molecule has 2 heterocycles. The van der Waals surface area contributed by atoms with Crippen LogP contribution < -0.4 is 5.32 Å². The van der Waals surface area contributed by atoms with E-state index in [2.05, 4.69) is 40.0 Å². The standard InChI is InChI=1S/C12H21N3S/c1-10(7-13-2)11-8-14-15(9-11)12-3-5-16-6-4-12/h8-10,12-13H,3-7H2,1-2H3. The van der Waals surface area contributed by atoms with Gasteiger partial charge >= 0.3 is 0 Å². The molecule has 1 atom stereocenters. The van der Waals surface area contributed by atoms with Crippen LogP contribution in [-0.4, -0.2) is 34.9 Å². The Labute approximate surface area is 102 Å². The number of rotatable bonds is 4. The highest BCUT2D eigenvalue weighted by atomic mass is 32.2. The summed E-state index contributed by atoms with van der Waals surface area (Å²) in [6.45, 7) is 3.26. The molecule has 0 saturated carbocycles. The zero-order valence-corrected chi connectivity index (χ0v) is 11.0. The normalized spacial score (nSPS) is 19.9. The van der Waals surface area contributed by atoms with E-state index in [0.29, 0.717) is 12.0 Å². The van der Waals surface area contributed by atoms with Crippen LogP contribution in [0.25, 0.3) is 0 Å². The number of thioether (sulfide) groups is 1. The van der Waals surface area contributed by atoms with Crippen LogP contribution in [-0.2, 0) is 0 Å². The van der Waals surface area contributed by atoms with E-state index < -0.39 is 0 Å². The topological polar surface area (TPSA) is 29.9 Å². The Morgan fingerprint density at radius 1 is 1.56 bits per heavy atom. The highest BCUT2D eigenvalue weighted by molar-refractivity contribution is 7.99. The van der Waals surface area contributed by atoms with Gasteiger partial charge in [-0.05, 0) is 42.9 Å². The Morgan fingerprint density at radius 2 is 2.31 bits per heavy atom. The number of aromatic nitrogens is 2. The smallest absolute Gasteiger partial charge is 0.0535 e. The minimum atomic E-state index is 0.553. The predicted octanol–water partition coefficient (Wildman–Crippen LogP) is 2.27. The van der Waals surface area contributed by atoms with Crippen molar-refractivity contribution in [2.75, 3.05) is 25.1 Å². The van der Waals surface area contributed by atoms with Crippen molar-refractivity contribution in [3.8, 4) is 0 Å². The van der Waals surface area contributed by atoms with E-state index in [4.69, 9.17) is 0 Å². The molecule has 1 aromatic rings. The van der Waals surface area contributed by atoms with Crippen molar-refractivity contribution in [3.05, 3.63) is 18.0 Å². The lowest BCUT2D eigenvalue weighted by Gasteiger charge is -2.21. The highest BCUT2D eigenvalue weighted by Gasteiger charge is 2.17. The third-order valence-electron chi connectivity index (χ3n) is 3.27. The third kappa shape index (κ3) is 2.80. The van der Waals surface area contributed by atoms with E-state index in [9.17, 15) is 0 Å². The first-order valence-electron chi connectivity index (χ1n) is 6.07. The molecule has 2 rings (SSSR count). The van der Waals surface area contributed by atoms with E-state index in [-0.39, 0.29) is 0 Å². The number of likely N-dealkylation sites (N-methyl/N-ethyl adjacent to an activating group) is 1. The van der Waals surface area contributed by atoms with Gasteiger partial charge in [0.15, 0.2) is 0 Å². The van der Waals surface area contributed by atoms with E-state index in [1.54, 1.807) is 0 Å². The second-order valence-corrected chi connectivity index (χ2v) is 5.78. The fourth-order valence-corrected chi connectivity index (χ4v) is 3.26. The Kier molecular flexibility index (Phi) is 4.29. The van der Waals surface area contributed by atoms with Crippen LogP contribution in [0.15, 0.2) is 12.4 Å². The summed E-state index contributed by atoms with van der Waals surface area (Å²) in [5.74, 6) is 3.12. The molecule has 0 radical (unpaired) electrons. The molecule has 0 spiro atoms. The zero-order chi connectivity index (χ0) is 11.4. The lowest BCUT2D eigenvalue weighted by molar-refractivity contribution is 0.426. The lowest BCUT2D eigenvalue weighted by Crippen LogP contribution is -2.16. The molecule has 4 heteroatoms. The summed E-state index contributed by atoms with van der Waals surface area (Å²) in [4.78, 5) is 0. The van der Waals surface area contributed by atoms with Crippen LogP contribution in [0.4, 0.5) is 0 Å². The minimum Gasteiger partial charge on any atom is -0.319 e. The summed E-state index contributed by atoms with van der Waals surface area (Å²) < 4.78 is 2.18. The number of hydrogen-bond acceptors (Lipinski definition) is 3. The third-order valence-corrected chi connectivity index (χ3v) is 4.31. The second kappa shape index (κ2) is 5.73. The largest absolute Gasteiger partial charge is 0.319 e. The predicted molar refractivity (Wildman–Crippen MR) is 70.2 cm³/mol. The summed E-state index contributed by atoms with van der Waals surface area (Å²) in [5, 5.41) is 7.74. The summed E-state index contributed by atoms with van der Waals surface area (Å²) in [6, 6.07) is 0.636. The van der Waals surface area contributed by atoms with Gasteiger partial charge in [-0.2, -0.15) is 16.9 Å². The molecule has 1 fully saturated rings. The second-order valence-electron chi connectivity index (χ2n) is 4.56. The summed E-state index contributed by atoms with van der Waals surface area (Å²) in [6.07, 6.45) is 6.81. The average molecular weight is 239 g/mol. The maximum Gasteiger partial charge on any atom is 0.0535 e. The SMILES string of the molecule is CNCC(C)c1cnn(C2CCSCC2)c1. The van der Waals surface area contributed by atoms with Gasteiger partial charge in [-0.1, -0.05) is 6.92 Å². The molecule has 1 aliphatic heterocycles. The molecule has 90 valence electrons. The van der Waals surface area contributed by atoms with Gasteiger partial charge in [-0.25, -0.2) is 0 Å². The molecule has 3 nitrogen and oxygen atoms in total. The molecule has 16 heavy (non-hydrogen) atoms. The number of hydrogen-bond donors (Lipinski definition) is 1. The number of nitrogens with one attached hydrogen (secondary N) is 1. The molecule has 0 aliphatic carbocycles. The Hall–Kier alpha value is -0.480. The van der Waals surface area contributed by atoms with E-state index in [0.717, 1.165) is 6.54 Å². The molecule has 0 amide bonds. The fourth-order valence-electron chi connectivity index (χ4n) is 2.18. The van der Waals surface area contributed by atoms with Crippen molar-refractivity contribution in [2.24, 2.45) is 0 Å². The highest BCUT2D eigenvalue weighted by Crippen LogP contribution is 2.27. The maximum absolute atomic E-state index is 4.52. The molecule has 0 bridgehead atoms. The van der Waals surface area contributed by atoms with Gasteiger partial charge in [-0.3, -0.25) is 4.68 Å². The van der Waals surface area contributed by atoms with Crippen LogP contribution in [0, 0.1) is 0 Å². The molecule has 1 saturated heterocycles. The van der Waals surface area contributed by atoms with Gasteiger partial charge in [0, 0.05) is 12.7 Å². The maximum atomic E-state index is 4.52. The first-order valence-corrected chi connectivity index (χ1v) is 7.23. The molecule has 1 aliphatic rings. The van der Waals surface area contributed by atoms with Crippen molar-refractivity contribution in [1.29, 1.82) is 0 Å². The summed E-state index contributed by atoms with van der Waals surface area (Å²) in [7, 11) is 2.00. The average Bonchev–Trinajstić information content (AvgIpc) is 2.80. The van der Waals surface area contributed by atoms with Crippen molar-refractivity contribution in [3.63, 3.8) is 0 Å². The van der Waals surface area contributed by atoms with Crippen LogP contribution in [0.1, 0.15) is 37.3 Å². The summed E-state index contributed by atoms with van der Waals surface area (Å²) in [5.41, 5.74) is 1.35. The van der Waals surface area contributed by atoms with Gasteiger partial charge in [0.1, 0.15) is 0 Å². The van der Waals surface area contributed by atoms with E-state index >= 15 is 0 Å². The fraction of sp³-hybridized carbons (Fsp3) is 0.750. The molecule has 1 aromatic heterocycles. The van der Waals surface area contributed by atoms with E-state index in [1.165, 1.54) is 29.9 Å². The van der Waals surface area contributed by atoms with Crippen LogP contribution >= 0.6 is 11.8 Å². The van der Waals surface area contributed by atoms with Gasteiger partial charge < -0.3 is 5.32 Å². The molecular formula is C12H21N3S. The van der Waals surface area contributed by atoms with Crippen molar-refractivity contribution in [2.45, 2.75) is 31.7 Å². The minimum absolute atomic E-state index is 0.553. The van der Waals surface area contributed by atoms with Gasteiger partial charge in [0.2, 0.25) is 0 Å². The van der Waals surface area contributed by atoms with E-state index in [1.807, 2.05) is 13.2 Å². The lowest BCUT2D eigenvalue weighted by atomic mass is 10.1. The Balaban J connectivity index is 2.00. The van der Waals surface area contributed by atoms with Crippen molar-refractivity contribution >= 4 is 11.8 Å². The first-order chi connectivity index (χ1) is 7.81. The van der Waals surface area contributed by atoms with Crippen molar-refractivity contribution in [1.82, 2.24) is 15.1 Å². The first kappa shape index (κ1) is 12.0. The molecular weight excluding hydrogens is 218 g/mol.